The van der Waals surface area contributed by atoms with Gasteiger partial charge in [0.05, 0.1) is 9.75 Å². The van der Waals surface area contributed by atoms with E-state index in [4.69, 9.17) is 0 Å². The lowest BCUT2D eigenvalue weighted by atomic mass is 9.94. The van der Waals surface area contributed by atoms with Crippen LogP contribution in [0.25, 0.3) is 54.6 Å². The Balaban J connectivity index is 1.34. The maximum absolute atomic E-state index is 4.07. The predicted octanol–water partition coefficient (Wildman–Crippen LogP) is 21.4. The van der Waals surface area contributed by atoms with E-state index < -0.39 is 16.1 Å². The van der Waals surface area contributed by atoms with E-state index in [1.165, 1.54) is 130 Å². The fraction of sp³-hybridized carbons (Fsp3) is 0.492. The molecule has 0 nitrogen and oxygen atoms in total. The highest BCUT2D eigenvalue weighted by molar-refractivity contribution is 7.19. The fourth-order valence-electron chi connectivity index (χ4n) is 11.8. The molecule has 0 aliphatic carbocycles. The third-order valence-electron chi connectivity index (χ3n) is 15.5. The lowest BCUT2D eigenvalue weighted by Gasteiger charge is -2.38. The van der Waals surface area contributed by atoms with Gasteiger partial charge in [-0.2, -0.15) is 0 Å². The molecule has 0 atom stereocenters. The molecule has 0 fully saturated rings. The van der Waals surface area contributed by atoms with Gasteiger partial charge in [0.2, 0.25) is 0 Å². The number of rotatable bonds is 20. The molecule has 0 N–H and O–H groups in total. The van der Waals surface area contributed by atoms with Gasteiger partial charge in [0.15, 0.2) is 0 Å². The van der Waals surface area contributed by atoms with Crippen LogP contribution in [0, 0.1) is 29.9 Å². The van der Waals surface area contributed by atoms with Crippen LogP contribution in [-0.2, 0) is 12.8 Å². The van der Waals surface area contributed by atoms with Crippen LogP contribution in [0.3, 0.4) is 0 Å². The zero-order valence-corrected chi connectivity index (χ0v) is 49.2. The second kappa shape index (κ2) is 24.1. The first-order valence-corrected chi connectivity index (χ1v) is 33.5. The average molecular weight is 994 g/mol. The van der Waals surface area contributed by atoms with Gasteiger partial charge in [0, 0.05) is 35.8 Å². The molecule has 6 rings (SSSR count). The normalized spacial score (nSPS) is 12.3. The van der Waals surface area contributed by atoms with E-state index in [-0.39, 0.29) is 0 Å². The predicted molar refractivity (Wildman–Crippen MR) is 316 cm³/mol. The van der Waals surface area contributed by atoms with E-state index in [2.05, 4.69) is 206 Å². The van der Waals surface area contributed by atoms with Gasteiger partial charge in [-0.1, -0.05) is 208 Å². The highest BCUT2D eigenvalue weighted by atomic mass is 32.1. The Kier molecular flexibility index (Phi) is 19.1. The molecule has 362 valence electrons. The molecule has 0 saturated carbocycles. The highest BCUT2D eigenvalue weighted by Crippen LogP contribution is 2.45. The molecule has 0 unspecified atom stereocenters. The summed E-state index contributed by atoms with van der Waals surface area (Å²) in [5.74, 6) is 7.78. The molecule has 3 aromatic carbocycles. The molecule has 3 aromatic heterocycles. The van der Waals surface area contributed by atoms with Gasteiger partial charge in [-0.05, 0) is 117 Å². The second-order valence-corrected chi connectivity index (χ2v) is 36.4. The maximum Gasteiger partial charge on any atom is 0.146 e. The molecule has 5 heteroatoms. The van der Waals surface area contributed by atoms with Crippen LogP contribution >= 0.6 is 34.0 Å². The highest BCUT2D eigenvalue weighted by Gasteiger charge is 2.43. The first-order valence-electron chi connectivity index (χ1n) is 26.5. The number of fused-ring (bicyclic) bond motifs is 1. The van der Waals surface area contributed by atoms with E-state index in [1.807, 2.05) is 34.0 Å². The molecule has 0 bridgehead atoms. The van der Waals surface area contributed by atoms with E-state index in [0.29, 0.717) is 33.2 Å². The number of aryl methyl sites for hydroxylation is 3. The molecule has 6 aromatic rings. The van der Waals surface area contributed by atoms with Crippen molar-refractivity contribution in [3.8, 4) is 67.4 Å². The Labute approximate surface area is 429 Å². The summed E-state index contributed by atoms with van der Waals surface area (Å²) in [5.41, 5.74) is 22.2. The maximum atomic E-state index is 4.07. The minimum absolute atomic E-state index is 0.615. The van der Waals surface area contributed by atoms with Gasteiger partial charge in [-0.15, -0.1) is 45.1 Å². The molecular formula is C63H84S3Si2. The van der Waals surface area contributed by atoms with Crippen molar-refractivity contribution in [2.75, 3.05) is 0 Å². The molecular weight excluding hydrogens is 909 g/mol. The van der Waals surface area contributed by atoms with E-state index in [1.54, 1.807) is 0 Å². The summed E-state index contributed by atoms with van der Waals surface area (Å²) in [4.78, 5) is 6.81. The molecule has 3 heterocycles. The van der Waals surface area contributed by atoms with Crippen LogP contribution in [-0.4, -0.2) is 16.1 Å². The molecule has 68 heavy (non-hydrogen) atoms. The average Bonchev–Trinajstić information content (AvgIpc) is 4.02. The van der Waals surface area contributed by atoms with E-state index in [0.717, 1.165) is 12.8 Å². The Morgan fingerprint density at radius 2 is 0.765 bits per heavy atom. The molecule has 0 saturated heterocycles. The van der Waals surface area contributed by atoms with Crippen LogP contribution in [0.1, 0.15) is 173 Å². The lowest BCUT2D eigenvalue weighted by Crippen LogP contribution is -2.43. The van der Waals surface area contributed by atoms with E-state index >= 15 is 0 Å². The summed E-state index contributed by atoms with van der Waals surface area (Å²) < 4.78 is 1.36. The first kappa shape index (κ1) is 53.9. The van der Waals surface area contributed by atoms with Crippen LogP contribution < -0.4 is 0 Å². The number of thiophene rings is 3. The third-order valence-corrected chi connectivity index (χ3v) is 31.3. The van der Waals surface area contributed by atoms with Crippen LogP contribution in [0.15, 0.2) is 78.9 Å². The summed E-state index contributed by atoms with van der Waals surface area (Å²) in [6.07, 6.45) is 12.5. The topological polar surface area (TPSA) is 0 Å². The van der Waals surface area contributed by atoms with Crippen molar-refractivity contribution in [1.29, 1.82) is 0 Å². The smallest absolute Gasteiger partial charge is 0.140 e. The number of benzene rings is 3. The Hall–Kier alpha value is -3.43. The summed E-state index contributed by atoms with van der Waals surface area (Å²) in [6.45, 7) is 35.9. The zero-order chi connectivity index (χ0) is 49.3. The Morgan fingerprint density at radius 1 is 0.412 bits per heavy atom. The first-order chi connectivity index (χ1) is 32.5. The molecule has 0 amide bonds. The zero-order valence-electron chi connectivity index (χ0n) is 44.8. The SMILES string of the molecule is CCCCCCc1cc(-c2ccc(-c3ccc(-c4ccc(-c5cc(CCCCCC)sc5C#C[Si](C(C)C)(C(C)C)C(C)C)cc4)c4sc(C)cc34)cc2)c(C#C[Si](C(C)C)(C(C)C)C(C)C)s1. The van der Waals surface area contributed by atoms with Gasteiger partial charge in [-0.25, -0.2) is 0 Å². The lowest BCUT2D eigenvalue weighted by molar-refractivity contribution is 0.670. The third kappa shape index (κ3) is 11.8. The van der Waals surface area contributed by atoms with Crippen molar-refractivity contribution in [3.05, 3.63) is 103 Å². The Morgan fingerprint density at radius 3 is 1.13 bits per heavy atom. The van der Waals surface area contributed by atoms with Crippen molar-refractivity contribution < 1.29 is 0 Å². The summed E-state index contributed by atoms with van der Waals surface area (Å²) in [6, 6.07) is 30.9. The summed E-state index contributed by atoms with van der Waals surface area (Å²) in [5, 5.41) is 1.34. The van der Waals surface area contributed by atoms with Crippen LogP contribution in [0.4, 0.5) is 0 Å². The standard InChI is InChI=1S/C63H84S3Si2/c1-16-18-20-22-24-54-41-58(61(65-54)36-38-67(43(3)4,44(5)6)45(7)8)52-30-26-50(27-31-52)56-34-35-57(63-60(56)40-49(15)64-63)51-28-32-53(33-29-51)59-42-55(25-23-21-19-17-2)66-62(59)37-39-68(46(9)10,47(11)12)48(13)14/h26-35,40-48H,16-25H2,1-15H3. The van der Waals surface area contributed by atoms with Crippen molar-refractivity contribution in [2.45, 2.75) is 201 Å². The quantitative estimate of drug-likeness (QED) is 0.0406. The Bertz CT molecular complexity index is 2460. The monoisotopic (exact) mass is 993 g/mol. The minimum atomic E-state index is -1.87. The van der Waals surface area contributed by atoms with Crippen molar-refractivity contribution in [3.63, 3.8) is 0 Å². The number of hydrogen-bond donors (Lipinski definition) is 0. The number of hydrogen-bond acceptors (Lipinski definition) is 3. The molecule has 0 radical (unpaired) electrons. The molecule has 0 spiro atoms. The minimum Gasteiger partial charge on any atom is -0.140 e. The van der Waals surface area contributed by atoms with Gasteiger partial charge >= 0.3 is 0 Å². The van der Waals surface area contributed by atoms with Gasteiger partial charge < -0.3 is 0 Å². The second-order valence-electron chi connectivity index (χ2n) is 21.7. The summed E-state index contributed by atoms with van der Waals surface area (Å²) >= 11 is 5.82. The van der Waals surface area contributed by atoms with Gasteiger partial charge in [-0.3, -0.25) is 0 Å². The largest absolute Gasteiger partial charge is 0.146 e. The molecule has 0 aliphatic heterocycles. The fourth-order valence-corrected chi connectivity index (χ4v) is 25.6. The van der Waals surface area contributed by atoms with Gasteiger partial charge in [0.1, 0.15) is 16.1 Å². The van der Waals surface area contributed by atoms with Gasteiger partial charge in [0.25, 0.3) is 0 Å². The van der Waals surface area contributed by atoms with Crippen molar-refractivity contribution in [2.24, 2.45) is 0 Å². The van der Waals surface area contributed by atoms with Crippen LogP contribution in [0.5, 0.6) is 0 Å². The van der Waals surface area contributed by atoms with Crippen molar-refractivity contribution >= 4 is 60.2 Å². The molecule has 0 aliphatic rings. The van der Waals surface area contributed by atoms with E-state index in [9.17, 15) is 0 Å². The van der Waals surface area contributed by atoms with Crippen LogP contribution in [0.2, 0.25) is 33.2 Å². The summed E-state index contributed by atoms with van der Waals surface area (Å²) in [7, 11) is -3.74. The van der Waals surface area contributed by atoms with Crippen molar-refractivity contribution in [1.82, 2.24) is 0 Å². The number of unbranched alkanes of at least 4 members (excludes halogenated alkanes) is 6.